The van der Waals surface area contributed by atoms with E-state index in [2.05, 4.69) is 20.1 Å². The Kier molecular flexibility index (Phi) is 20.5. The summed E-state index contributed by atoms with van der Waals surface area (Å²) >= 11 is 0. The van der Waals surface area contributed by atoms with Crippen LogP contribution in [-0.2, 0) is 19.1 Å². The summed E-state index contributed by atoms with van der Waals surface area (Å²) < 4.78 is 9.69. The van der Waals surface area contributed by atoms with Gasteiger partial charge in [-0.05, 0) is 13.3 Å². The lowest BCUT2D eigenvalue weighted by molar-refractivity contribution is -0.138. The van der Waals surface area contributed by atoms with Crippen molar-refractivity contribution in [3.63, 3.8) is 0 Å². The predicted molar refractivity (Wildman–Crippen MR) is 130 cm³/mol. The van der Waals surface area contributed by atoms with Crippen LogP contribution in [-0.4, -0.2) is 24.6 Å². The van der Waals surface area contributed by atoms with Crippen LogP contribution in [0.3, 0.4) is 0 Å². The fraction of sp³-hybridized carbons (Fsp3) is 0.778. The lowest BCUT2D eigenvalue weighted by Crippen LogP contribution is -2.01. The summed E-state index contributed by atoms with van der Waals surface area (Å²) in [5.74, 6) is -0.538. The van der Waals surface area contributed by atoms with Crippen LogP contribution in [0.2, 0.25) is 0 Å². The van der Waals surface area contributed by atoms with Gasteiger partial charge in [0.1, 0.15) is 6.10 Å². The summed E-state index contributed by atoms with van der Waals surface area (Å²) in [5, 5.41) is 0. The van der Waals surface area contributed by atoms with Crippen molar-refractivity contribution in [3.8, 4) is 0 Å². The van der Waals surface area contributed by atoms with Gasteiger partial charge in [-0.25, -0.2) is 9.59 Å². The van der Waals surface area contributed by atoms with Gasteiger partial charge >= 0.3 is 11.9 Å². The average Bonchev–Trinajstić information content (AvgIpc) is 3.05. The molecule has 0 aromatic heterocycles. The molecule has 0 aliphatic carbocycles. The third-order valence-electron chi connectivity index (χ3n) is 5.54. The highest BCUT2D eigenvalue weighted by atomic mass is 16.5. The highest BCUT2D eigenvalue weighted by molar-refractivity contribution is 5.89. The highest BCUT2D eigenvalue weighted by Crippen LogP contribution is 2.17. The minimum atomic E-state index is -0.300. The quantitative estimate of drug-likeness (QED) is 0.125. The number of cyclic esters (lactones) is 1. The van der Waals surface area contributed by atoms with Crippen LogP contribution in [0.1, 0.15) is 123 Å². The first-order valence-electron chi connectivity index (χ1n) is 12.7. The Labute approximate surface area is 191 Å². The molecule has 1 unspecified atom stereocenters. The van der Waals surface area contributed by atoms with Gasteiger partial charge in [-0.3, -0.25) is 0 Å². The van der Waals surface area contributed by atoms with E-state index in [-0.39, 0.29) is 18.0 Å². The van der Waals surface area contributed by atoms with Gasteiger partial charge in [0.05, 0.1) is 6.61 Å². The molecule has 1 fully saturated rings. The molecular formula is C27H48O4. The molecule has 1 aliphatic rings. The number of hydrogen-bond acceptors (Lipinski definition) is 4. The number of unbranched alkanes of at least 4 members (excludes halogenated alkanes) is 15. The Bertz CT molecular complexity index is 468. The second kappa shape index (κ2) is 21.6. The molecule has 0 radical (unpaired) electrons. The van der Waals surface area contributed by atoms with Gasteiger partial charge in [0.2, 0.25) is 0 Å². The summed E-state index contributed by atoms with van der Waals surface area (Å²) in [5.41, 5.74) is 0.595. The Morgan fingerprint density at radius 2 is 1.32 bits per heavy atom. The average molecular weight is 437 g/mol. The maximum absolute atomic E-state index is 10.8. The summed E-state index contributed by atoms with van der Waals surface area (Å²) in [4.78, 5) is 21.3. The van der Waals surface area contributed by atoms with Crippen molar-refractivity contribution < 1.29 is 19.1 Å². The van der Waals surface area contributed by atoms with Crippen LogP contribution >= 0.6 is 0 Å². The fourth-order valence-electron chi connectivity index (χ4n) is 3.62. The third-order valence-corrected chi connectivity index (χ3v) is 5.54. The summed E-state index contributed by atoms with van der Waals surface area (Å²) in [6.07, 6.45) is 23.7. The molecule has 0 aromatic rings. The first-order chi connectivity index (χ1) is 15.0. The third kappa shape index (κ3) is 20.1. The smallest absolute Gasteiger partial charge is 0.333 e. The van der Waals surface area contributed by atoms with Crippen molar-refractivity contribution in [2.75, 3.05) is 6.61 Å². The zero-order chi connectivity index (χ0) is 23.2. The van der Waals surface area contributed by atoms with Gasteiger partial charge < -0.3 is 9.47 Å². The minimum absolute atomic E-state index is 0.0509. The molecule has 0 N–H and O–H groups in total. The van der Waals surface area contributed by atoms with Crippen LogP contribution < -0.4 is 0 Å². The molecule has 0 saturated carbocycles. The van der Waals surface area contributed by atoms with Crippen molar-refractivity contribution in [2.24, 2.45) is 0 Å². The van der Waals surface area contributed by atoms with E-state index in [4.69, 9.17) is 9.47 Å². The maximum atomic E-state index is 10.8. The van der Waals surface area contributed by atoms with Gasteiger partial charge in [-0.1, -0.05) is 116 Å². The Balaban J connectivity index is 0.000000929. The molecule has 0 spiro atoms. The molecular weight excluding hydrogens is 388 g/mol. The standard InChI is InChI=1S/C21H40O2.C6H8O2/c1-3-5-6-7-8-9-10-11-12-13-14-15-16-17-18-19-20-23-21(22)4-2;1-4-3-5(2)8-6(4)7/h4H,2-3,5-20H2,1H3;5H,1,3H2,2H3. The van der Waals surface area contributed by atoms with Gasteiger partial charge in [-0.2, -0.15) is 0 Å². The van der Waals surface area contributed by atoms with E-state index in [9.17, 15) is 9.59 Å². The largest absolute Gasteiger partial charge is 0.463 e. The number of hydrogen-bond donors (Lipinski definition) is 0. The van der Waals surface area contributed by atoms with Crippen LogP contribution in [0.15, 0.2) is 24.8 Å². The molecule has 1 heterocycles. The molecule has 180 valence electrons. The second-order valence-electron chi connectivity index (χ2n) is 8.70. The molecule has 1 aliphatic heterocycles. The van der Waals surface area contributed by atoms with Gasteiger partial charge in [0.25, 0.3) is 0 Å². The van der Waals surface area contributed by atoms with Crippen LogP contribution in [0.5, 0.6) is 0 Å². The number of rotatable bonds is 18. The zero-order valence-electron chi connectivity index (χ0n) is 20.4. The van der Waals surface area contributed by atoms with Crippen molar-refractivity contribution in [2.45, 2.75) is 129 Å². The Hall–Kier alpha value is -1.58. The Morgan fingerprint density at radius 1 is 0.903 bits per heavy atom. The van der Waals surface area contributed by atoms with Crippen molar-refractivity contribution >= 4 is 11.9 Å². The predicted octanol–water partition coefficient (Wildman–Crippen LogP) is 7.86. The summed E-state index contributed by atoms with van der Waals surface area (Å²) in [6, 6.07) is 0. The summed E-state index contributed by atoms with van der Waals surface area (Å²) in [6.45, 7) is 11.6. The normalized spacial score (nSPS) is 15.2. The second-order valence-corrected chi connectivity index (χ2v) is 8.70. The lowest BCUT2D eigenvalue weighted by atomic mass is 10.0. The first kappa shape index (κ1) is 29.4. The number of esters is 2. The monoisotopic (exact) mass is 436 g/mol. The van der Waals surface area contributed by atoms with E-state index >= 15 is 0 Å². The molecule has 1 atom stereocenters. The molecule has 1 saturated heterocycles. The van der Waals surface area contributed by atoms with Gasteiger partial charge in [0.15, 0.2) is 0 Å². The molecule has 4 nitrogen and oxygen atoms in total. The van der Waals surface area contributed by atoms with Gasteiger partial charge in [-0.15, -0.1) is 0 Å². The van der Waals surface area contributed by atoms with E-state index < -0.39 is 0 Å². The summed E-state index contributed by atoms with van der Waals surface area (Å²) in [7, 11) is 0. The number of ether oxygens (including phenoxy) is 2. The highest BCUT2D eigenvalue weighted by Gasteiger charge is 2.22. The first-order valence-corrected chi connectivity index (χ1v) is 12.7. The van der Waals surface area contributed by atoms with E-state index in [0.29, 0.717) is 18.6 Å². The van der Waals surface area contributed by atoms with Crippen molar-refractivity contribution in [1.82, 2.24) is 0 Å². The number of carbonyl (C=O) groups excluding carboxylic acids is 2. The number of carbonyl (C=O) groups is 2. The van der Waals surface area contributed by atoms with Crippen molar-refractivity contribution in [1.29, 1.82) is 0 Å². The molecule has 0 aromatic carbocycles. The van der Waals surface area contributed by atoms with E-state index in [0.717, 1.165) is 6.42 Å². The van der Waals surface area contributed by atoms with Gasteiger partial charge in [0, 0.05) is 18.1 Å². The van der Waals surface area contributed by atoms with Crippen molar-refractivity contribution in [3.05, 3.63) is 24.8 Å². The maximum Gasteiger partial charge on any atom is 0.333 e. The molecule has 31 heavy (non-hydrogen) atoms. The van der Waals surface area contributed by atoms with E-state index in [1.165, 1.54) is 102 Å². The topological polar surface area (TPSA) is 52.6 Å². The van der Waals surface area contributed by atoms with Crippen LogP contribution in [0.25, 0.3) is 0 Å². The minimum Gasteiger partial charge on any atom is -0.463 e. The Morgan fingerprint density at radius 3 is 1.61 bits per heavy atom. The zero-order valence-corrected chi connectivity index (χ0v) is 20.4. The molecule has 0 amide bonds. The lowest BCUT2D eigenvalue weighted by Gasteiger charge is -2.04. The molecule has 1 rings (SSSR count). The van der Waals surface area contributed by atoms with E-state index in [1.807, 2.05) is 6.92 Å². The van der Waals surface area contributed by atoms with Crippen LogP contribution in [0.4, 0.5) is 0 Å². The van der Waals surface area contributed by atoms with E-state index in [1.54, 1.807) is 0 Å². The molecule has 0 bridgehead atoms. The van der Waals surface area contributed by atoms with Crippen LogP contribution in [0, 0.1) is 0 Å². The molecule has 4 heteroatoms. The SMILES string of the molecule is C=C1CC(C)OC1=O.C=CC(=O)OCCCCCCCCCCCCCCCCCC. The fourth-order valence-corrected chi connectivity index (χ4v) is 3.62.